The molecule has 1 heterocycles. The molecule has 0 aliphatic heterocycles. The first-order valence-electron chi connectivity index (χ1n) is 8.37. The average Bonchev–Trinajstić information content (AvgIpc) is 3.08. The quantitative estimate of drug-likeness (QED) is 0.431. The van der Waals surface area contributed by atoms with Gasteiger partial charge in [-0.2, -0.15) is 5.10 Å². The topological polar surface area (TPSA) is 29.6 Å². The average molecular weight is 365 g/mol. The van der Waals surface area contributed by atoms with Crippen LogP contribution in [0, 0.1) is 5.82 Å². The molecule has 0 saturated carbocycles. The molecule has 0 radical (unpaired) electrons. The molecule has 26 heavy (non-hydrogen) atoms. The normalized spacial score (nSPS) is 13.2. The summed E-state index contributed by atoms with van der Waals surface area (Å²) in [5.74, 6) is -0.148. The van der Waals surface area contributed by atoms with Crippen molar-refractivity contribution in [2.75, 3.05) is 6.54 Å². The minimum Gasteiger partial charge on any atom is -0.253 e. The Labute approximate surface area is 156 Å². The molecule has 1 aromatic heterocycles. The van der Waals surface area contributed by atoms with Crippen molar-refractivity contribution in [3.63, 3.8) is 0 Å². The lowest BCUT2D eigenvalue weighted by atomic mass is 10.0. The standard InChI is InChI=1S/C21H20FN3S/c1-3-13-23-21-25(24-14-16(2)17-9-5-4-6-10-17)20(15-26-21)18-11-7-8-12-19(18)22/h3-12,14-16H,1,13H2,2H3. The highest BCUT2D eigenvalue weighted by atomic mass is 32.1. The van der Waals surface area contributed by atoms with Crippen molar-refractivity contribution < 1.29 is 4.39 Å². The monoisotopic (exact) mass is 365 g/mol. The van der Waals surface area contributed by atoms with E-state index in [2.05, 4.69) is 35.7 Å². The minimum absolute atomic E-state index is 0.129. The van der Waals surface area contributed by atoms with E-state index >= 15 is 0 Å². The molecule has 3 aromatic rings. The highest BCUT2D eigenvalue weighted by molar-refractivity contribution is 7.07. The van der Waals surface area contributed by atoms with Gasteiger partial charge in [-0.3, -0.25) is 4.99 Å². The van der Waals surface area contributed by atoms with Crippen molar-refractivity contribution in [1.82, 2.24) is 4.68 Å². The zero-order valence-corrected chi connectivity index (χ0v) is 15.4. The molecule has 132 valence electrons. The van der Waals surface area contributed by atoms with Gasteiger partial charge in [-0.05, 0) is 17.7 Å². The van der Waals surface area contributed by atoms with Crippen LogP contribution in [0.25, 0.3) is 11.3 Å². The van der Waals surface area contributed by atoms with Gasteiger partial charge in [0.1, 0.15) is 5.82 Å². The van der Waals surface area contributed by atoms with Crippen LogP contribution in [-0.2, 0) is 0 Å². The number of rotatable bonds is 6. The second-order valence-corrected chi connectivity index (χ2v) is 6.62. The Kier molecular flexibility index (Phi) is 5.92. The van der Waals surface area contributed by atoms with Crippen molar-refractivity contribution in [1.29, 1.82) is 0 Å². The Morgan fingerprint density at radius 3 is 2.62 bits per heavy atom. The number of hydrogen-bond acceptors (Lipinski definition) is 3. The van der Waals surface area contributed by atoms with Crippen LogP contribution in [0.15, 0.2) is 82.7 Å². The van der Waals surface area contributed by atoms with Crippen LogP contribution < -0.4 is 4.80 Å². The Morgan fingerprint density at radius 1 is 1.15 bits per heavy atom. The maximum atomic E-state index is 14.3. The largest absolute Gasteiger partial charge is 0.253 e. The fourth-order valence-electron chi connectivity index (χ4n) is 2.53. The molecule has 1 unspecified atom stereocenters. The van der Waals surface area contributed by atoms with E-state index in [1.807, 2.05) is 35.9 Å². The van der Waals surface area contributed by atoms with Gasteiger partial charge in [0.15, 0.2) is 0 Å². The number of hydrogen-bond donors (Lipinski definition) is 0. The number of aromatic nitrogens is 1. The van der Waals surface area contributed by atoms with Crippen LogP contribution in [0.5, 0.6) is 0 Å². The second kappa shape index (κ2) is 8.54. The van der Waals surface area contributed by atoms with E-state index < -0.39 is 0 Å². The van der Waals surface area contributed by atoms with E-state index in [4.69, 9.17) is 0 Å². The van der Waals surface area contributed by atoms with Crippen LogP contribution in [0.4, 0.5) is 4.39 Å². The number of thiazole rings is 1. The zero-order valence-electron chi connectivity index (χ0n) is 14.5. The van der Waals surface area contributed by atoms with E-state index in [1.54, 1.807) is 22.9 Å². The first-order chi connectivity index (χ1) is 12.7. The molecule has 0 amide bonds. The molecular formula is C21H20FN3S. The van der Waals surface area contributed by atoms with Crippen molar-refractivity contribution in [2.45, 2.75) is 12.8 Å². The first-order valence-corrected chi connectivity index (χ1v) is 9.25. The number of halogens is 1. The second-order valence-electron chi connectivity index (χ2n) is 5.79. The third-order valence-corrected chi connectivity index (χ3v) is 4.78. The van der Waals surface area contributed by atoms with Gasteiger partial charge in [-0.1, -0.05) is 55.5 Å². The molecule has 0 fully saturated rings. The number of nitrogens with zero attached hydrogens (tertiary/aromatic N) is 3. The fourth-order valence-corrected chi connectivity index (χ4v) is 3.36. The molecule has 3 nitrogen and oxygen atoms in total. The third-order valence-electron chi connectivity index (χ3n) is 3.92. The summed E-state index contributed by atoms with van der Waals surface area (Å²) in [6.07, 6.45) is 3.59. The van der Waals surface area contributed by atoms with E-state index in [1.165, 1.54) is 23.0 Å². The summed E-state index contributed by atoms with van der Waals surface area (Å²) in [6, 6.07) is 16.8. The predicted molar refractivity (Wildman–Crippen MR) is 107 cm³/mol. The lowest BCUT2D eigenvalue weighted by molar-refractivity contribution is 0.629. The van der Waals surface area contributed by atoms with Crippen molar-refractivity contribution in [3.8, 4) is 11.3 Å². The van der Waals surface area contributed by atoms with Crippen molar-refractivity contribution in [3.05, 3.63) is 88.8 Å². The lowest BCUT2D eigenvalue weighted by Crippen LogP contribution is -2.13. The van der Waals surface area contributed by atoms with Gasteiger partial charge >= 0.3 is 0 Å². The van der Waals surface area contributed by atoms with Gasteiger partial charge in [0.25, 0.3) is 0 Å². The van der Waals surface area contributed by atoms with Crippen molar-refractivity contribution in [2.24, 2.45) is 10.1 Å². The van der Waals surface area contributed by atoms with Crippen LogP contribution in [-0.4, -0.2) is 17.4 Å². The molecule has 0 N–H and O–H groups in total. The Morgan fingerprint density at radius 2 is 1.88 bits per heavy atom. The maximum absolute atomic E-state index is 14.3. The molecular weight excluding hydrogens is 345 g/mol. The molecule has 0 saturated heterocycles. The summed E-state index contributed by atoms with van der Waals surface area (Å²) in [5.41, 5.74) is 2.37. The zero-order chi connectivity index (χ0) is 18.4. The SMILES string of the molecule is C=CCN=c1scc(-c2ccccc2F)n1N=CC(C)c1ccccc1. The van der Waals surface area contributed by atoms with E-state index in [-0.39, 0.29) is 11.7 Å². The summed E-state index contributed by atoms with van der Waals surface area (Å²) in [4.78, 5) is 5.19. The molecule has 0 aliphatic carbocycles. The number of benzene rings is 2. The van der Waals surface area contributed by atoms with Crippen molar-refractivity contribution >= 4 is 17.6 Å². The molecule has 0 aliphatic rings. The smallest absolute Gasteiger partial charge is 0.206 e. The molecule has 3 rings (SSSR count). The first kappa shape index (κ1) is 18.0. The summed E-state index contributed by atoms with van der Waals surface area (Å²) < 4.78 is 16.0. The third kappa shape index (κ3) is 4.06. The molecule has 0 spiro atoms. The minimum atomic E-state index is -0.277. The van der Waals surface area contributed by atoms with Gasteiger partial charge in [0.05, 0.1) is 12.2 Å². The highest BCUT2D eigenvalue weighted by Gasteiger charge is 2.11. The van der Waals surface area contributed by atoms with Gasteiger partial charge < -0.3 is 0 Å². The van der Waals surface area contributed by atoms with E-state index in [9.17, 15) is 4.39 Å². The van der Waals surface area contributed by atoms with Crippen LogP contribution >= 0.6 is 11.3 Å². The van der Waals surface area contributed by atoms with Gasteiger partial charge in [-0.15, -0.1) is 17.9 Å². The summed E-state index contributed by atoms with van der Waals surface area (Å²) in [7, 11) is 0. The fraction of sp³-hybridized carbons (Fsp3) is 0.143. The van der Waals surface area contributed by atoms with Crippen LogP contribution in [0.3, 0.4) is 0 Å². The van der Waals surface area contributed by atoms with Gasteiger partial charge in [0.2, 0.25) is 4.80 Å². The lowest BCUT2D eigenvalue weighted by Gasteiger charge is -2.07. The van der Waals surface area contributed by atoms with E-state index in [0.29, 0.717) is 22.6 Å². The predicted octanol–water partition coefficient (Wildman–Crippen LogP) is 5.08. The molecule has 0 bridgehead atoms. The van der Waals surface area contributed by atoms with Gasteiger partial charge in [-0.25, -0.2) is 9.07 Å². The highest BCUT2D eigenvalue weighted by Crippen LogP contribution is 2.23. The van der Waals surface area contributed by atoms with Crippen LogP contribution in [0.2, 0.25) is 0 Å². The Hall–Kier alpha value is -2.79. The maximum Gasteiger partial charge on any atom is 0.206 e. The molecule has 5 heteroatoms. The van der Waals surface area contributed by atoms with Gasteiger partial charge in [0, 0.05) is 23.1 Å². The Bertz CT molecular complexity index is 970. The Balaban J connectivity index is 2.04. The summed E-state index contributed by atoms with van der Waals surface area (Å²) in [5, 5.41) is 6.50. The molecule has 1 atom stereocenters. The van der Waals surface area contributed by atoms with Crippen LogP contribution in [0.1, 0.15) is 18.4 Å². The molecule has 2 aromatic carbocycles. The summed E-state index contributed by atoms with van der Waals surface area (Å²) >= 11 is 1.44. The van der Waals surface area contributed by atoms with E-state index in [0.717, 1.165) is 0 Å². The summed E-state index contributed by atoms with van der Waals surface area (Å²) in [6.45, 7) is 6.27.